The van der Waals surface area contributed by atoms with Gasteiger partial charge >= 0.3 is 0 Å². The highest BCUT2D eigenvalue weighted by Crippen LogP contribution is 2.33. The summed E-state index contributed by atoms with van der Waals surface area (Å²) in [6.07, 6.45) is 1.05. The Morgan fingerprint density at radius 1 is 1.40 bits per heavy atom. The van der Waals surface area contributed by atoms with Gasteiger partial charge < -0.3 is 5.32 Å². The van der Waals surface area contributed by atoms with E-state index in [-0.39, 0.29) is 5.41 Å². The number of benzene rings is 1. The van der Waals surface area contributed by atoms with Crippen LogP contribution in [0.25, 0.3) is 0 Å². The zero-order valence-corrected chi connectivity index (χ0v) is 9.89. The van der Waals surface area contributed by atoms with E-state index in [1.54, 1.807) is 0 Å². The van der Waals surface area contributed by atoms with Gasteiger partial charge in [-0.3, -0.25) is 0 Å². The van der Waals surface area contributed by atoms with E-state index in [1.807, 2.05) is 25.2 Å². The summed E-state index contributed by atoms with van der Waals surface area (Å²) in [6.45, 7) is 6.56. The van der Waals surface area contributed by atoms with Crippen molar-refractivity contribution in [3.8, 4) is 6.07 Å². The van der Waals surface area contributed by atoms with Gasteiger partial charge in [-0.05, 0) is 35.6 Å². The van der Waals surface area contributed by atoms with Crippen LogP contribution in [-0.2, 0) is 5.41 Å². The molecule has 0 aromatic heterocycles. The molecule has 0 unspecified atom stereocenters. The second-order valence-corrected chi connectivity index (χ2v) is 4.36. The molecule has 0 atom stereocenters. The van der Waals surface area contributed by atoms with Crippen molar-refractivity contribution >= 4 is 5.69 Å². The lowest BCUT2D eigenvalue weighted by Gasteiger charge is -2.26. The van der Waals surface area contributed by atoms with Crippen molar-refractivity contribution in [3.05, 3.63) is 29.3 Å². The number of hydrogen-bond donors (Lipinski definition) is 1. The summed E-state index contributed by atoms with van der Waals surface area (Å²) in [4.78, 5) is 0. The van der Waals surface area contributed by atoms with E-state index < -0.39 is 0 Å². The minimum absolute atomic E-state index is 0.102. The van der Waals surface area contributed by atoms with E-state index in [0.29, 0.717) is 0 Å². The quantitative estimate of drug-likeness (QED) is 0.816. The van der Waals surface area contributed by atoms with Gasteiger partial charge in [0.1, 0.15) is 0 Å². The van der Waals surface area contributed by atoms with Crippen molar-refractivity contribution in [3.63, 3.8) is 0 Å². The average Bonchev–Trinajstić information content (AvgIpc) is 2.28. The van der Waals surface area contributed by atoms with E-state index in [9.17, 15) is 0 Å². The van der Waals surface area contributed by atoms with Crippen LogP contribution in [-0.4, -0.2) is 7.05 Å². The second kappa shape index (κ2) is 4.35. The lowest BCUT2D eigenvalue weighted by Crippen LogP contribution is -2.17. The highest BCUT2D eigenvalue weighted by atomic mass is 14.8. The minimum atomic E-state index is 0.102. The molecule has 0 radical (unpaired) electrons. The van der Waals surface area contributed by atoms with E-state index in [0.717, 1.165) is 17.7 Å². The average molecular weight is 202 g/mol. The molecule has 0 amide bonds. The highest BCUT2D eigenvalue weighted by Gasteiger charge is 2.21. The molecule has 0 aliphatic rings. The Hall–Kier alpha value is -1.49. The normalized spacial score (nSPS) is 10.9. The van der Waals surface area contributed by atoms with Gasteiger partial charge in [-0.2, -0.15) is 5.26 Å². The van der Waals surface area contributed by atoms with E-state index >= 15 is 0 Å². The summed E-state index contributed by atoms with van der Waals surface area (Å²) in [5.41, 5.74) is 3.16. The molecule has 0 fully saturated rings. The monoisotopic (exact) mass is 202 g/mol. The molecular formula is C13H18N2. The van der Waals surface area contributed by atoms with Crippen molar-refractivity contribution in [2.24, 2.45) is 0 Å². The maximum absolute atomic E-state index is 8.89. The predicted molar refractivity (Wildman–Crippen MR) is 64.0 cm³/mol. The maximum atomic E-state index is 8.89. The molecule has 1 rings (SSSR count). The zero-order chi connectivity index (χ0) is 11.5. The third-order valence-corrected chi connectivity index (χ3v) is 3.03. The van der Waals surface area contributed by atoms with Gasteiger partial charge in [0.25, 0.3) is 0 Å². The standard InChI is InChI=1S/C13H18N2/c1-5-13(2,3)11-8-10(9-14)6-7-12(11)15-4/h6-8,15H,5H2,1-4H3. The Morgan fingerprint density at radius 2 is 2.07 bits per heavy atom. The lowest BCUT2D eigenvalue weighted by atomic mass is 9.80. The Balaban J connectivity index is 3.31. The number of nitriles is 1. The number of rotatable bonds is 3. The van der Waals surface area contributed by atoms with E-state index in [4.69, 9.17) is 5.26 Å². The summed E-state index contributed by atoms with van der Waals surface area (Å²) in [6, 6.07) is 7.99. The molecule has 0 aliphatic heterocycles. The molecular weight excluding hydrogens is 184 g/mol. The number of anilines is 1. The molecule has 2 nitrogen and oxygen atoms in total. The zero-order valence-electron chi connectivity index (χ0n) is 9.89. The molecule has 0 saturated heterocycles. The summed E-state index contributed by atoms with van der Waals surface area (Å²) >= 11 is 0. The van der Waals surface area contributed by atoms with Crippen LogP contribution in [0.2, 0.25) is 0 Å². The van der Waals surface area contributed by atoms with Gasteiger partial charge in [0, 0.05) is 12.7 Å². The van der Waals surface area contributed by atoms with Crippen LogP contribution in [0.3, 0.4) is 0 Å². The predicted octanol–water partition coefficient (Wildman–Crippen LogP) is 3.29. The molecule has 2 heteroatoms. The van der Waals surface area contributed by atoms with Gasteiger partial charge in [-0.25, -0.2) is 0 Å². The minimum Gasteiger partial charge on any atom is -0.388 e. The number of hydrogen-bond acceptors (Lipinski definition) is 2. The molecule has 0 aliphatic carbocycles. The van der Waals surface area contributed by atoms with Crippen LogP contribution in [0.15, 0.2) is 18.2 Å². The van der Waals surface area contributed by atoms with Crippen molar-refractivity contribution in [2.75, 3.05) is 12.4 Å². The first-order valence-corrected chi connectivity index (χ1v) is 5.27. The molecule has 0 saturated carbocycles. The fourth-order valence-electron chi connectivity index (χ4n) is 1.58. The Kier molecular flexibility index (Phi) is 3.36. The van der Waals surface area contributed by atoms with Crippen LogP contribution in [0.1, 0.15) is 38.3 Å². The molecule has 80 valence electrons. The summed E-state index contributed by atoms with van der Waals surface area (Å²) < 4.78 is 0. The van der Waals surface area contributed by atoms with Crippen LogP contribution in [0, 0.1) is 11.3 Å². The molecule has 1 aromatic rings. The third-order valence-electron chi connectivity index (χ3n) is 3.03. The van der Waals surface area contributed by atoms with Crippen LogP contribution < -0.4 is 5.32 Å². The van der Waals surface area contributed by atoms with E-state index in [1.165, 1.54) is 5.56 Å². The van der Waals surface area contributed by atoms with Gasteiger partial charge in [-0.1, -0.05) is 20.8 Å². The molecule has 0 bridgehead atoms. The van der Waals surface area contributed by atoms with E-state index in [2.05, 4.69) is 32.2 Å². The molecule has 0 spiro atoms. The van der Waals surface area contributed by atoms with Crippen molar-refractivity contribution in [1.29, 1.82) is 5.26 Å². The summed E-state index contributed by atoms with van der Waals surface area (Å²) in [7, 11) is 1.91. The highest BCUT2D eigenvalue weighted by molar-refractivity contribution is 5.57. The van der Waals surface area contributed by atoms with Crippen molar-refractivity contribution in [2.45, 2.75) is 32.6 Å². The fraction of sp³-hybridized carbons (Fsp3) is 0.462. The molecule has 1 N–H and O–H groups in total. The Labute approximate surface area is 91.9 Å². The maximum Gasteiger partial charge on any atom is 0.0991 e. The van der Waals surface area contributed by atoms with Crippen LogP contribution in [0.5, 0.6) is 0 Å². The number of nitrogens with zero attached hydrogens (tertiary/aromatic N) is 1. The fourth-order valence-corrected chi connectivity index (χ4v) is 1.58. The SMILES string of the molecule is CCC(C)(C)c1cc(C#N)ccc1NC. The molecule has 0 heterocycles. The van der Waals surface area contributed by atoms with Gasteiger partial charge in [0.05, 0.1) is 11.6 Å². The van der Waals surface area contributed by atoms with Gasteiger partial charge in [0.15, 0.2) is 0 Å². The van der Waals surface area contributed by atoms with Crippen molar-refractivity contribution < 1.29 is 0 Å². The van der Waals surface area contributed by atoms with Crippen LogP contribution in [0.4, 0.5) is 5.69 Å². The van der Waals surface area contributed by atoms with Gasteiger partial charge in [0.2, 0.25) is 0 Å². The Morgan fingerprint density at radius 3 is 2.53 bits per heavy atom. The largest absolute Gasteiger partial charge is 0.388 e. The first kappa shape index (κ1) is 11.6. The first-order chi connectivity index (χ1) is 7.05. The summed E-state index contributed by atoms with van der Waals surface area (Å²) in [5, 5.41) is 12.1. The number of nitrogens with one attached hydrogen (secondary N) is 1. The van der Waals surface area contributed by atoms with Gasteiger partial charge in [-0.15, -0.1) is 0 Å². The summed E-state index contributed by atoms with van der Waals surface area (Å²) in [5.74, 6) is 0. The second-order valence-electron chi connectivity index (χ2n) is 4.36. The van der Waals surface area contributed by atoms with Crippen molar-refractivity contribution in [1.82, 2.24) is 0 Å². The Bertz CT molecular complexity index is 386. The molecule has 1 aromatic carbocycles. The lowest BCUT2D eigenvalue weighted by molar-refractivity contribution is 0.508. The topological polar surface area (TPSA) is 35.8 Å². The third kappa shape index (κ3) is 2.30. The smallest absolute Gasteiger partial charge is 0.0991 e. The first-order valence-electron chi connectivity index (χ1n) is 5.27. The van der Waals surface area contributed by atoms with Crippen LogP contribution >= 0.6 is 0 Å². The molecule has 15 heavy (non-hydrogen) atoms.